The van der Waals surface area contributed by atoms with Crippen LogP contribution in [0.5, 0.6) is 0 Å². The lowest BCUT2D eigenvalue weighted by molar-refractivity contribution is 1.29. The number of anilines is 6. The van der Waals surface area contributed by atoms with E-state index >= 15 is 0 Å². The molecular formula is C56H32N6. The van der Waals surface area contributed by atoms with Crippen LogP contribution < -0.4 is 9.80 Å². The summed E-state index contributed by atoms with van der Waals surface area (Å²) in [5, 5.41) is 28.8. The van der Waals surface area contributed by atoms with E-state index in [9.17, 15) is 10.5 Å². The van der Waals surface area contributed by atoms with Crippen LogP contribution in [-0.2, 0) is 0 Å². The summed E-state index contributed by atoms with van der Waals surface area (Å²) in [5.41, 5.74) is 14.5. The molecule has 13 aromatic rings. The third-order valence-electron chi connectivity index (χ3n) is 12.8. The van der Waals surface area contributed by atoms with Gasteiger partial charge in [-0.3, -0.25) is 0 Å². The summed E-state index contributed by atoms with van der Waals surface area (Å²) in [5.74, 6) is 0. The lowest BCUT2D eigenvalue weighted by atomic mass is 10.0. The highest BCUT2D eigenvalue weighted by molar-refractivity contribution is 6.32. The molecule has 0 aliphatic carbocycles. The molecule has 0 aliphatic rings. The van der Waals surface area contributed by atoms with Gasteiger partial charge in [-0.2, -0.15) is 10.5 Å². The van der Waals surface area contributed by atoms with Gasteiger partial charge in [0.25, 0.3) is 0 Å². The van der Waals surface area contributed by atoms with Gasteiger partial charge in [0.2, 0.25) is 0 Å². The normalized spacial score (nSPS) is 11.8. The lowest BCUT2D eigenvalue weighted by Gasteiger charge is -2.26. The van der Waals surface area contributed by atoms with E-state index in [0.717, 1.165) is 45.2 Å². The Balaban J connectivity index is 1.11. The Kier molecular flexibility index (Phi) is 7.05. The molecule has 0 fully saturated rings. The molecule has 62 heavy (non-hydrogen) atoms. The molecule has 0 N–H and O–H groups in total. The molecule has 13 rings (SSSR count). The highest BCUT2D eigenvalue weighted by atomic mass is 15.2. The van der Waals surface area contributed by atoms with Crippen LogP contribution in [0.15, 0.2) is 194 Å². The highest BCUT2D eigenvalue weighted by Gasteiger charge is 2.27. The number of nitrogens with zero attached hydrogens (tertiary/aromatic N) is 6. The van der Waals surface area contributed by atoms with Gasteiger partial charge in [-0.15, -0.1) is 0 Å². The van der Waals surface area contributed by atoms with E-state index in [4.69, 9.17) is 0 Å². The quantitative estimate of drug-likeness (QED) is 0.168. The van der Waals surface area contributed by atoms with Crippen molar-refractivity contribution in [2.24, 2.45) is 0 Å². The van der Waals surface area contributed by atoms with Crippen molar-refractivity contribution in [2.45, 2.75) is 0 Å². The molecule has 6 nitrogen and oxygen atoms in total. The smallest absolute Gasteiger partial charge is 0.0991 e. The predicted octanol–water partition coefficient (Wildman–Crippen LogP) is 14.7. The van der Waals surface area contributed by atoms with Gasteiger partial charge in [0.1, 0.15) is 0 Å². The largest absolute Gasteiger partial charge is 0.310 e. The second-order valence-corrected chi connectivity index (χ2v) is 16.0. The Morgan fingerprint density at radius 3 is 1.10 bits per heavy atom. The minimum atomic E-state index is 0.630. The summed E-state index contributed by atoms with van der Waals surface area (Å²) in [6.45, 7) is 0. The molecule has 0 atom stereocenters. The number of para-hydroxylation sites is 4. The van der Waals surface area contributed by atoms with Gasteiger partial charge < -0.3 is 18.6 Å². The average Bonchev–Trinajstić information content (AvgIpc) is 4.06. The summed E-state index contributed by atoms with van der Waals surface area (Å²) < 4.78 is 4.95. The molecule has 0 amide bonds. The lowest BCUT2D eigenvalue weighted by Crippen LogP contribution is -2.10. The van der Waals surface area contributed by atoms with Crippen molar-refractivity contribution in [1.82, 2.24) is 8.80 Å². The fourth-order valence-corrected chi connectivity index (χ4v) is 10.2. The van der Waals surface area contributed by atoms with Crippen molar-refractivity contribution in [3.63, 3.8) is 0 Å². The number of nitriles is 2. The van der Waals surface area contributed by atoms with Gasteiger partial charge in [0.05, 0.1) is 67.7 Å². The summed E-state index contributed by atoms with van der Waals surface area (Å²) in [4.78, 5) is 4.63. The topological polar surface area (TPSA) is 62.9 Å². The SMILES string of the molecule is N#Cc1ccc(N(c2ccccc2)c2ccc3c4cc5c(cc4n4c6ccccc6c2c34)c2ccc(N(c3ccccc3)c3ccc(C#N)cc3)c3c4ccccc4n5c23)cc1. The number of aromatic nitrogens is 2. The van der Waals surface area contributed by atoms with Crippen molar-refractivity contribution < 1.29 is 0 Å². The summed E-state index contributed by atoms with van der Waals surface area (Å²) in [6.07, 6.45) is 0. The van der Waals surface area contributed by atoms with Crippen LogP contribution in [0.25, 0.3) is 76.2 Å². The van der Waals surface area contributed by atoms with Gasteiger partial charge in [0, 0.05) is 65.8 Å². The molecule has 286 valence electrons. The molecule has 9 aromatic carbocycles. The zero-order valence-electron chi connectivity index (χ0n) is 33.2. The summed E-state index contributed by atoms with van der Waals surface area (Å²) in [7, 11) is 0. The van der Waals surface area contributed by atoms with E-state index in [1.807, 2.05) is 60.7 Å². The van der Waals surface area contributed by atoms with Gasteiger partial charge in [-0.05, 0) is 109 Å². The van der Waals surface area contributed by atoms with E-state index in [2.05, 4.69) is 164 Å². The first-order valence-electron chi connectivity index (χ1n) is 20.7. The molecule has 0 aliphatic heterocycles. The summed E-state index contributed by atoms with van der Waals surface area (Å²) in [6, 6.07) is 72.7. The Labute approximate surface area is 355 Å². The molecule has 0 unspecified atom stereocenters. The maximum atomic E-state index is 9.64. The molecule has 0 saturated carbocycles. The van der Waals surface area contributed by atoms with Gasteiger partial charge in [-0.25, -0.2) is 0 Å². The van der Waals surface area contributed by atoms with Crippen molar-refractivity contribution in [3.8, 4) is 12.1 Å². The molecule has 0 radical (unpaired) electrons. The fraction of sp³-hybridized carbons (Fsp3) is 0. The van der Waals surface area contributed by atoms with Gasteiger partial charge in [-0.1, -0.05) is 84.9 Å². The number of fused-ring (bicyclic) bond motifs is 12. The third-order valence-corrected chi connectivity index (χ3v) is 12.8. The zero-order chi connectivity index (χ0) is 41.1. The fourth-order valence-electron chi connectivity index (χ4n) is 10.2. The second kappa shape index (κ2) is 12.8. The zero-order valence-corrected chi connectivity index (χ0v) is 33.2. The van der Waals surface area contributed by atoms with E-state index < -0.39 is 0 Å². The standard InChI is InChI=1S/C56H32N6/c57-33-35-19-23-39(24-20-35)59(37-11-3-1-4-12-37)49-29-27-41-45-31-52-46(32-51(45)61-47-17-9-7-15-43(47)53(49)55(41)61)42-28-30-50(54-44-16-8-10-18-48(44)62(52)56(42)54)60(38-13-5-2-6-14-38)40-25-21-36(34-58)22-26-40/h1-32H. The molecule has 4 aromatic heterocycles. The predicted molar refractivity (Wildman–Crippen MR) is 255 cm³/mol. The Hall–Kier alpha value is -8.84. The number of hydrogen-bond acceptors (Lipinski definition) is 4. The van der Waals surface area contributed by atoms with Crippen LogP contribution in [0, 0.1) is 22.7 Å². The third kappa shape index (κ3) is 4.61. The minimum Gasteiger partial charge on any atom is -0.310 e. The number of rotatable bonds is 6. The molecule has 0 bridgehead atoms. The maximum absolute atomic E-state index is 9.64. The van der Waals surface area contributed by atoms with E-state index in [0.29, 0.717) is 11.1 Å². The van der Waals surface area contributed by atoms with E-state index in [-0.39, 0.29) is 0 Å². The minimum absolute atomic E-state index is 0.630. The molecule has 4 heterocycles. The number of benzene rings is 9. The van der Waals surface area contributed by atoms with Crippen molar-refractivity contribution >= 4 is 110 Å². The maximum Gasteiger partial charge on any atom is 0.0991 e. The van der Waals surface area contributed by atoms with Crippen molar-refractivity contribution in [3.05, 3.63) is 205 Å². The molecule has 0 saturated heterocycles. The first-order chi connectivity index (χ1) is 30.7. The molecule has 0 spiro atoms. The van der Waals surface area contributed by atoms with E-state index in [1.54, 1.807) is 0 Å². The van der Waals surface area contributed by atoms with Crippen LogP contribution in [0.2, 0.25) is 0 Å². The van der Waals surface area contributed by atoms with Crippen LogP contribution in [0.1, 0.15) is 11.1 Å². The Morgan fingerprint density at radius 2 is 0.694 bits per heavy atom. The van der Waals surface area contributed by atoms with Crippen LogP contribution in [0.3, 0.4) is 0 Å². The number of hydrogen-bond donors (Lipinski definition) is 0. The molecule has 6 heteroatoms. The van der Waals surface area contributed by atoms with Gasteiger partial charge in [0.15, 0.2) is 0 Å². The first kappa shape index (κ1) is 34.1. The van der Waals surface area contributed by atoms with Crippen molar-refractivity contribution in [1.29, 1.82) is 10.5 Å². The van der Waals surface area contributed by atoms with E-state index in [1.165, 1.54) is 65.2 Å². The van der Waals surface area contributed by atoms with Crippen LogP contribution in [0.4, 0.5) is 34.1 Å². The average molecular weight is 789 g/mol. The van der Waals surface area contributed by atoms with Crippen molar-refractivity contribution in [2.75, 3.05) is 9.80 Å². The van der Waals surface area contributed by atoms with Crippen LogP contribution in [-0.4, -0.2) is 8.80 Å². The summed E-state index contributed by atoms with van der Waals surface area (Å²) >= 11 is 0. The molecular weight excluding hydrogens is 757 g/mol. The second-order valence-electron chi connectivity index (χ2n) is 16.0. The Morgan fingerprint density at radius 1 is 0.323 bits per heavy atom. The van der Waals surface area contributed by atoms with Crippen LogP contribution >= 0.6 is 0 Å². The van der Waals surface area contributed by atoms with Gasteiger partial charge >= 0.3 is 0 Å². The Bertz CT molecular complexity index is 3720. The monoisotopic (exact) mass is 788 g/mol. The first-order valence-corrected chi connectivity index (χ1v) is 20.7. The highest BCUT2D eigenvalue weighted by Crippen LogP contribution is 2.51.